The largest absolute Gasteiger partial charge is 0.369 e. The summed E-state index contributed by atoms with van der Waals surface area (Å²) in [7, 11) is 0. The van der Waals surface area contributed by atoms with Crippen molar-refractivity contribution in [2.45, 2.75) is 26.2 Å². The van der Waals surface area contributed by atoms with Crippen LogP contribution in [0.4, 0.5) is 10.7 Å². The third-order valence-electron chi connectivity index (χ3n) is 5.92. The smallest absolute Gasteiger partial charge is 0.251 e. The maximum atomic E-state index is 12.7. The molecular formula is C22H27ClN4O2S. The number of benzene rings is 1. The van der Waals surface area contributed by atoms with Crippen LogP contribution in [0.3, 0.4) is 0 Å². The molecule has 0 radical (unpaired) electrons. The maximum Gasteiger partial charge on any atom is 0.251 e. The van der Waals surface area contributed by atoms with Crippen molar-refractivity contribution < 1.29 is 9.59 Å². The third-order valence-corrected chi connectivity index (χ3v) is 7.33. The van der Waals surface area contributed by atoms with Gasteiger partial charge in [0.1, 0.15) is 5.00 Å². The Hall–Kier alpha value is -2.09. The third kappa shape index (κ3) is 4.63. The summed E-state index contributed by atoms with van der Waals surface area (Å²) in [6, 6.07) is 7.85. The van der Waals surface area contributed by atoms with E-state index < -0.39 is 5.91 Å². The zero-order valence-electron chi connectivity index (χ0n) is 17.1. The van der Waals surface area contributed by atoms with Gasteiger partial charge in [-0.3, -0.25) is 14.5 Å². The molecular weight excluding hydrogens is 420 g/mol. The van der Waals surface area contributed by atoms with E-state index in [1.165, 1.54) is 16.2 Å². The van der Waals surface area contributed by atoms with Crippen LogP contribution in [-0.4, -0.2) is 49.4 Å². The second kappa shape index (κ2) is 8.96. The number of thiophene rings is 1. The number of amides is 2. The topological polar surface area (TPSA) is 78.7 Å². The van der Waals surface area contributed by atoms with Gasteiger partial charge in [0, 0.05) is 41.8 Å². The molecule has 0 unspecified atom stereocenters. The Morgan fingerprint density at radius 3 is 2.73 bits per heavy atom. The van der Waals surface area contributed by atoms with Gasteiger partial charge in [-0.25, -0.2) is 0 Å². The molecule has 1 aliphatic heterocycles. The molecule has 2 aliphatic rings. The van der Waals surface area contributed by atoms with Gasteiger partial charge in [-0.15, -0.1) is 11.3 Å². The van der Waals surface area contributed by atoms with Crippen LogP contribution in [0.1, 0.15) is 34.1 Å². The van der Waals surface area contributed by atoms with E-state index in [-0.39, 0.29) is 5.91 Å². The van der Waals surface area contributed by atoms with E-state index in [9.17, 15) is 9.59 Å². The molecule has 1 aromatic heterocycles. The number of nitrogens with one attached hydrogen (secondary N) is 1. The van der Waals surface area contributed by atoms with Crippen LogP contribution in [0.15, 0.2) is 24.3 Å². The minimum Gasteiger partial charge on any atom is -0.369 e. The van der Waals surface area contributed by atoms with Crippen LogP contribution < -0.4 is 16.0 Å². The highest BCUT2D eigenvalue weighted by Gasteiger charge is 2.28. The first-order valence-corrected chi connectivity index (χ1v) is 11.6. The fraction of sp³-hybridized carbons (Fsp3) is 0.455. The number of nitrogens with zero attached hydrogens (tertiary/aromatic N) is 2. The van der Waals surface area contributed by atoms with Crippen LogP contribution in [-0.2, 0) is 17.6 Å². The quantitative estimate of drug-likeness (QED) is 0.737. The minimum atomic E-state index is -0.451. The Labute approximate surface area is 186 Å². The summed E-state index contributed by atoms with van der Waals surface area (Å²) in [6.07, 6.45) is 2.85. The van der Waals surface area contributed by atoms with E-state index >= 15 is 0 Å². The molecule has 0 spiro atoms. The van der Waals surface area contributed by atoms with Gasteiger partial charge >= 0.3 is 0 Å². The standard InChI is InChI=1S/C22H27ClN4O2S/c1-14-5-6-17-18(11-14)30-22(20(17)21(24)29)25-19(28)13-26-7-9-27(10-8-26)16-4-2-3-15(23)12-16/h2-4,12,14H,5-11,13H2,1H3,(H2,24,29)(H,25,28)/t14-/m1/s1. The van der Waals surface area contributed by atoms with E-state index in [1.807, 2.05) is 18.2 Å². The fourth-order valence-corrected chi connectivity index (χ4v) is 5.92. The van der Waals surface area contributed by atoms with Crippen molar-refractivity contribution in [3.8, 4) is 0 Å². The van der Waals surface area contributed by atoms with E-state index in [0.29, 0.717) is 23.0 Å². The Morgan fingerprint density at radius 1 is 1.27 bits per heavy atom. The van der Waals surface area contributed by atoms with Crippen molar-refractivity contribution in [2.24, 2.45) is 11.7 Å². The lowest BCUT2D eigenvalue weighted by Gasteiger charge is -2.35. The summed E-state index contributed by atoms with van der Waals surface area (Å²) in [5, 5.41) is 4.31. The lowest BCUT2D eigenvalue weighted by Crippen LogP contribution is -2.48. The molecule has 0 saturated carbocycles. The lowest BCUT2D eigenvalue weighted by atomic mass is 9.88. The Kier molecular flexibility index (Phi) is 6.32. The highest BCUT2D eigenvalue weighted by Crippen LogP contribution is 2.39. The van der Waals surface area contributed by atoms with Crippen LogP contribution >= 0.6 is 22.9 Å². The summed E-state index contributed by atoms with van der Waals surface area (Å²) >= 11 is 7.61. The number of rotatable bonds is 5. The molecule has 1 fully saturated rings. The number of primary amides is 1. The van der Waals surface area contributed by atoms with Crippen molar-refractivity contribution in [1.82, 2.24) is 4.90 Å². The van der Waals surface area contributed by atoms with Gasteiger partial charge in [0.15, 0.2) is 0 Å². The number of anilines is 2. The highest BCUT2D eigenvalue weighted by atomic mass is 35.5. The van der Waals surface area contributed by atoms with Gasteiger partial charge in [0.05, 0.1) is 12.1 Å². The molecule has 1 aromatic carbocycles. The molecule has 160 valence electrons. The molecule has 2 heterocycles. The summed E-state index contributed by atoms with van der Waals surface area (Å²) < 4.78 is 0. The first-order valence-electron chi connectivity index (χ1n) is 10.4. The molecule has 4 rings (SSSR count). The zero-order chi connectivity index (χ0) is 21.3. The average Bonchev–Trinajstić information content (AvgIpc) is 3.05. The monoisotopic (exact) mass is 446 g/mol. The van der Waals surface area contributed by atoms with Crippen molar-refractivity contribution in [3.05, 3.63) is 45.3 Å². The molecule has 0 bridgehead atoms. The molecule has 1 atom stereocenters. The van der Waals surface area contributed by atoms with Crippen molar-refractivity contribution in [2.75, 3.05) is 42.9 Å². The molecule has 30 heavy (non-hydrogen) atoms. The van der Waals surface area contributed by atoms with E-state index in [0.717, 1.165) is 61.7 Å². The number of piperazine rings is 1. The Morgan fingerprint density at radius 2 is 2.03 bits per heavy atom. The minimum absolute atomic E-state index is 0.0969. The zero-order valence-corrected chi connectivity index (χ0v) is 18.7. The first kappa shape index (κ1) is 21.2. The fourth-order valence-electron chi connectivity index (χ4n) is 4.31. The van der Waals surface area contributed by atoms with Gasteiger partial charge in [0.2, 0.25) is 5.91 Å². The molecule has 1 aliphatic carbocycles. The summed E-state index contributed by atoms with van der Waals surface area (Å²) in [5.41, 5.74) is 8.31. The van der Waals surface area contributed by atoms with Crippen LogP contribution in [0.25, 0.3) is 0 Å². The normalized spacial score (nSPS) is 19.4. The molecule has 3 N–H and O–H groups in total. The van der Waals surface area contributed by atoms with Gasteiger partial charge in [-0.05, 0) is 48.9 Å². The molecule has 6 nitrogen and oxygen atoms in total. The van der Waals surface area contributed by atoms with Crippen LogP contribution in [0, 0.1) is 5.92 Å². The number of hydrogen-bond donors (Lipinski definition) is 2. The Balaban J connectivity index is 1.36. The van der Waals surface area contributed by atoms with E-state index in [1.54, 1.807) is 0 Å². The number of halogens is 1. The number of carbonyl (C=O) groups is 2. The maximum absolute atomic E-state index is 12.7. The number of carbonyl (C=O) groups excluding carboxylic acids is 2. The van der Waals surface area contributed by atoms with Crippen molar-refractivity contribution >= 4 is 45.4 Å². The molecule has 8 heteroatoms. The van der Waals surface area contributed by atoms with Crippen molar-refractivity contribution in [3.63, 3.8) is 0 Å². The van der Waals surface area contributed by atoms with E-state index in [4.69, 9.17) is 17.3 Å². The second-order valence-corrected chi connectivity index (χ2v) is 9.75. The number of nitrogens with two attached hydrogens (primary N) is 1. The lowest BCUT2D eigenvalue weighted by molar-refractivity contribution is -0.117. The second-order valence-electron chi connectivity index (χ2n) is 8.21. The summed E-state index contributed by atoms with van der Waals surface area (Å²) in [6.45, 7) is 5.78. The summed E-state index contributed by atoms with van der Waals surface area (Å²) in [5.74, 6) is 0.0454. The number of fused-ring (bicyclic) bond motifs is 1. The molecule has 1 saturated heterocycles. The highest BCUT2D eigenvalue weighted by molar-refractivity contribution is 7.17. The SMILES string of the molecule is C[C@@H]1CCc2c(sc(NC(=O)CN3CCN(c4cccc(Cl)c4)CC3)c2C(N)=O)C1. The van der Waals surface area contributed by atoms with Gasteiger partial charge in [0.25, 0.3) is 5.91 Å². The number of hydrogen-bond acceptors (Lipinski definition) is 5. The summed E-state index contributed by atoms with van der Waals surface area (Å²) in [4.78, 5) is 30.4. The molecule has 2 amide bonds. The van der Waals surface area contributed by atoms with Gasteiger partial charge in [-0.1, -0.05) is 24.6 Å². The molecule has 2 aromatic rings. The van der Waals surface area contributed by atoms with Gasteiger partial charge in [-0.2, -0.15) is 0 Å². The van der Waals surface area contributed by atoms with E-state index in [2.05, 4.69) is 28.1 Å². The van der Waals surface area contributed by atoms with Crippen molar-refractivity contribution in [1.29, 1.82) is 0 Å². The van der Waals surface area contributed by atoms with Gasteiger partial charge < -0.3 is 16.0 Å². The van der Waals surface area contributed by atoms with Crippen LogP contribution in [0.5, 0.6) is 0 Å². The predicted octanol–water partition coefficient (Wildman–Crippen LogP) is 3.39. The Bertz CT molecular complexity index is 953. The first-order chi connectivity index (χ1) is 14.4. The average molecular weight is 447 g/mol. The predicted molar refractivity (Wildman–Crippen MR) is 123 cm³/mol. The van der Waals surface area contributed by atoms with Crippen LogP contribution in [0.2, 0.25) is 5.02 Å².